The molecule has 3 amide bonds. The lowest BCUT2D eigenvalue weighted by Crippen LogP contribution is -2.65. The third kappa shape index (κ3) is 7.18. The fourth-order valence-electron chi connectivity index (χ4n) is 12.6. The summed E-state index contributed by atoms with van der Waals surface area (Å²) in [6.07, 6.45) is 6.94. The van der Waals surface area contributed by atoms with E-state index in [-0.39, 0.29) is 54.6 Å². The van der Waals surface area contributed by atoms with E-state index >= 15 is 9.59 Å². The van der Waals surface area contributed by atoms with Crippen molar-refractivity contribution in [3.05, 3.63) is 90.3 Å². The second kappa shape index (κ2) is 16.7. The molecule has 4 fully saturated rings. The van der Waals surface area contributed by atoms with Crippen LogP contribution in [0, 0.1) is 22.7 Å². The Kier molecular flexibility index (Phi) is 11.3. The van der Waals surface area contributed by atoms with Gasteiger partial charge in [0.2, 0.25) is 11.8 Å². The number of nitrogens with zero attached hydrogens (tertiary/aromatic N) is 4. The predicted molar refractivity (Wildman–Crippen MR) is 251 cm³/mol. The van der Waals surface area contributed by atoms with Crippen LogP contribution in [-0.4, -0.2) is 100 Å². The van der Waals surface area contributed by atoms with Gasteiger partial charge in [-0.2, -0.15) is 0 Å². The Morgan fingerprint density at radius 3 is 2.58 bits per heavy atom. The molecule has 6 atom stereocenters. The normalized spacial score (nSPS) is 26.6. The molecule has 6 heterocycles. The van der Waals surface area contributed by atoms with E-state index in [9.17, 15) is 9.59 Å². The minimum Gasteiger partial charge on any atom is -0.464 e. The number of likely N-dealkylation sites (tertiary alicyclic amines) is 1. The molecule has 66 heavy (non-hydrogen) atoms. The molecule has 6 aliphatic rings. The maximum atomic E-state index is 15.4. The van der Waals surface area contributed by atoms with Crippen molar-refractivity contribution in [2.24, 2.45) is 22.7 Å². The van der Waals surface area contributed by atoms with Gasteiger partial charge in [-0.25, -0.2) is 5.43 Å². The molecule has 10 rings (SSSR count). The lowest BCUT2D eigenvalue weighted by Gasteiger charge is -2.49. The number of carbonyl (C=O) groups excluding carboxylic acids is 4. The van der Waals surface area contributed by atoms with Crippen molar-refractivity contribution in [2.45, 2.75) is 122 Å². The molecular weight excluding hydrogens is 833 g/mol. The van der Waals surface area contributed by atoms with Gasteiger partial charge in [-0.1, -0.05) is 64.6 Å². The van der Waals surface area contributed by atoms with Crippen molar-refractivity contribution in [1.82, 2.24) is 30.2 Å². The Morgan fingerprint density at radius 2 is 1.85 bits per heavy atom. The van der Waals surface area contributed by atoms with Crippen LogP contribution in [0.5, 0.6) is 0 Å². The first-order valence-electron chi connectivity index (χ1n) is 24.1. The highest BCUT2D eigenvalue weighted by Gasteiger charge is 2.63. The number of amides is 3. The van der Waals surface area contributed by atoms with Gasteiger partial charge in [0.1, 0.15) is 23.8 Å². The molecule has 6 bridgehead atoms. The molecule has 0 radical (unpaired) electrons. The maximum Gasteiger partial charge on any atom is 0.324 e. The van der Waals surface area contributed by atoms with Crippen molar-refractivity contribution in [1.29, 1.82) is 0 Å². The number of fused-ring (bicyclic) bond motifs is 8. The minimum atomic E-state index is -0.946. The number of ether oxygens (including phenoxy) is 3. The van der Waals surface area contributed by atoms with Gasteiger partial charge in [0.05, 0.1) is 42.6 Å². The number of pyridine rings is 1. The molecule has 2 aromatic heterocycles. The fraction of sp³-hybridized carbons (Fsp3) is 0.528. The quantitative estimate of drug-likeness (QED) is 0.138. The standard InChI is InChI=1S/C53H64N6O7/c1-8-42(60)57-28-52(29-57)22-21-41(66-52)53(31(3)4,35-18-19-35)50(63)55-39-26-32-13-10-14-33(25-32)34-17-20-40-37(27-34)43-44(47(64-7)45-36(15-11-23-54-45)46(43)58(40)9-2)51(5,6)30-65-49(62)38-16-12-24-59(56-38)48(39)61/h8,10-11,13-15,17,20,23,25,27,31,35,38-39,41,44,47,56H,1,9,12,16,18-19,21-22,24,26,28-30H2,2-7H3,(H,55,63)/t38-,39?,41-,44?,47-,53?/m0/s1. The third-order valence-electron chi connectivity index (χ3n) is 16.0. The number of aromatic nitrogens is 2. The molecule has 1 spiro atoms. The Hall–Kier alpha value is -5.37. The summed E-state index contributed by atoms with van der Waals surface area (Å²) in [6.45, 7) is 16.4. The van der Waals surface area contributed by atoms with Crippen LogP contribution >= 0.6 is 0 Å². The zero-order valence-corrected chi connectivity index (χ0v) is 39.2. The Labute approximate surface area is 387 Å². The number of rotatable bonds is 8. The lowest BCUT2D eigenvalue weighted by molar-refractivity contribution is -0.185. The summed E-state index contributed by atoms with van der Waals surface area (Å²) in [7, 11) is 1.73. The highest BCUT2D eigenvalue weighted by atomic mass is 16.5. The highest BCUT2D eigenvalue weighted by Crippen LogP contribution is 2.59. The molecule has 13 heteroatoms. The molecule has 13 nitrogen and oxygen atoms in total. The molecule has 3 saturated heterocycles. The summed E-state index contributed by atoms with van der Waals surface area (Å²) < 4.78 is 22.0. The van der Waals surface area contributed by atoms with Gasteiger partial charge in [0.15, 0.2) is 0 Å². The van der Waals surface area contributed by atoms with Crippen LogP contribution in [0.3, 0.4) is 0 Å². The van der Waals surface area contributed by atoms with Crippen LogP contribution in [-0.2, 0) is 46.4 Å². The summed E-state index contributed by atoms with van der Waals surface area (Å²) in [5.41, 5.74) is 9.43. The van der Waals surface area contributed by atoms with E-state index in [1.165, 1.54) is 11.1 Å². The first kappa shape index (κ1) is 44.5. The van der Waals surface area contributed by atoms with Crippen LogP contribution in [0.25, 0.3) is 33.3 Å². The third-order valence-corrected chi connectivity index (χ3v) is 16.0. The molecule has 1 saturated carbocycles. The number of cyclic esters (lactones) is 1. The van der Waals surface area contributed by atoms with Crippen LogP contribution in [0.1, 0.15) is 102 Å². The number of carbonyl (C=O) groups is 4. The average Bonchev–Trinajstić information content (AvgIpc) is 3.97. The van der Waals surface area contributed by atoms with Crippen molar-refractivity contribution in [3.8, 4) is 22.4 Å². The van der Waals surface area contributed by atoms with Gasteiger partial charge in [0, 0.05) is 60.6 Å². The van der Waals surface area contributed by atoms with Gasteiger partial charge < -0.3 is 29.0 Å². The predicted octanol–water partition coefficient (Wildman–Crippen LogP) is 7.28. The molecule has 2 aliphatic carbocycles. The molecule has 4 aromatic rings. The zero-order valence-electron chi connectivity index (χ0n) is 39.2. The number of hydrazine groups is 1. The topological polar surface area (TPSA) is 144 Å². The highest BCUT2D eigenvalue weighted by molar-refractivity contribution is 5.97. The molecule has 348 valence electrons. The van der Waals surface area contributed by atoms with Crippen LogP contribution in [0.4, 0.5) is 0 Å². The number of hydrogen-bond acceptors (Lipinski definition) is 9. The van der Waals surface area contributed by atoms with E-state index in [2.05, 4.69) is 92.9 Å². The van der Waals surface area contributed by atoms with Gasteiger partial charge >= 0.3 is 5.97 Å². The van der Waals surface area contributed by atoms with Crippen molar-refractivity contribution in [3.63, 3.8) is 0 Å². The van der Waals surface area contributed by atoms with Gasteiger partial charge in [0.25, 0.3) is 5.91 Å². The maximum absolute atomic E-state index is 15.4. The smallest absolute Gasteiger partial charge is 0.324 e. The Morgan fingerprint density at radius 1 is 1.06 bits per heavy atom. The Bertz CT molecular complexity index is 2600. The van der Waals surface area contributed by atoms with Crippen LogP contribution in [0.2, 0.25) is 0 Å². The molecule has 4 aliphatic heterocycles. The van der Waals surface area contributed by atoms with Crippen molar-refractivity contribution in [2.75, 3.05) is 33.4 Å². The van der Waals surface area contributed by atoms with Crippen LogP contribution in [0.15, 0.2) is 73.4 Å². The lowest BCUT2D eigenvalue weighted by atomic mass is 9.67. The average molecular weight is 897 g/mol. The zero-order chi connectivity index (χ0) is 46.3. The number of aryl methyl sites for hydroxylation is 1. The van der Waals surface area contributed by atoms with E-state index in [0.29, 0.717) is 38.9 Å². The van der Waals surface area contributed by atoms with Gasteiger partial charge in [-0.15, -0.1) is 0 Å². The Balaban J connectivity index is 1.05. The minimum absolute atomic E-state index is 0.0861. The van der Waals surface area contributed by atoms with Crippen LogP contribution < -0.4 is 10.7 Å². The molecule has 2 aromatic carbocycles. The van der Waals surface area contributed by atoms with E-state index in [1.54, 1.807) is 12.0 Å². The van der Waals surface area contributed by atoms with Crippen molar-refractivity contribution < 1.29 is 33.4 Å². The summed E-state index contributed by atoms with van der Waals surface area (Å²) >= 11 is 0. The SMILES string of the molecule is C=CC(=O)N1CC2(CC[C@@H](C(C(=O)NC3Cc4cccc(c4)-c4ccc5c(c4)c4c(n5CC)-c5cccnc5[C@@H](OC)C4C(C)(C)COC(=O)[C@@H]4CCCN(N4)C3=O)(C(C)C)C3CC3)O2)C1. The largest absolute Gasteiger partial charge is 0.464 e. The number of methoxy groups -OCH3 is 1. The molecule has 2 N–H and O–H groups in total. The first-order chi connectivity index (χ1) is 31.7. The fourth-order valence-corrected chi connectivity index (χ4v) is 12.6. The van der Waals surface area contributed by atoms with E-state index < -0.39 is 40.6 Å². The van der Waals surface area contributed by atoms with E-state index in [1.807, 2.05) is 24.4 Å². The van der Waals surface area contributed by atoms with Gasteiger partial charge in [-0.3, -0.25) is 29.2 Å². The first-order valence-corrected chi connectivity index (χ1v) is 24.1. The second-order valence-electron chi connectivity index (χ2n) is 20.7. The molecule has 3 unspecified atom stereocenters. The number of nitrogens with one attached hydrogen (secondary N) is 2. The number of esters is 1. The monoisotopic (exact) mass is 896 g/mol. The summed E-state index contributed by atoms with van der Waals surface area (Å²) in [5, 5.41) is 5.98. The van der Waals surface area contributed by atoms with E-state index in [4.69, 9.17) is 19.2 Å². The summed E-state index contributed by atoms with van der Waals surface area (Å²) in [5.74, 6) is -1.25. The summed E-state index contributed by atoms with van der Waals surface area (Å²) in [6, 6.07) is 17.3. The van der Waals surface area contributed by atoms with Gasteiger partial charge in [-0.05, 0) is 110 Å². The number of benzene rings is 2. The summed E-state index contributed by atoms with van der Waals surface area (Å²) in [4.78, 5) is 63.7. The number of hydrogen-bond donors (Lipinski definition) is 2. The second-order valence-corrected chi connectivity index (χ2v) is 20.7. The van der Waals surface area contributed by atoms with Crippen molar-refractivity contribution >= 4 is 34.6 Å². The van der Waals surface area contributed by atoms with E-state index in [0.717, 1.165) is 75.9 Å². The molecular formula is C53H64N6O7.